The number of aromatic nitrogens is 2. The van der Waals surface area contributed by atoms with Crippen LogP contribution in [0.15, 0.2) is 48.8 Å². The first kappa shape index (κ1) is 25.9. The Morgan fingerprint density at radius 2 is 2.00 bits per heavy atom. The molecule has 1 fully saturated rings. The third kappa shape index (κ3) is 6.96. The Bertz CT molecular complexity index is 1150. The molecule has 0 amide bonds. The van der Waals surface area contributed by atoms with Crippen LogP contribution < -0.4 is 14.2 Å². The van der Waals surface area contributed by atoms with Crippen molar-refractivity contribution in [2.45, 2.75) is 32.5 Å². The molecular weight excluding hydrogens is 465 g/mol. The molecule has 1 saturated heterocycles. The Hall–Kier alpha value is -3.14. The number of ether oxygens (including phenoxy) is 4. The minimum Gasteiger partial charge on any atom is -0.493 e. The monoisotopic (exact) mass is 499 g/mol. The van der Waals surface area contributed by atoms with Crippen molar-refractivity contribution in [1.82, 2.24) is 14.7 Å². The SMILES string of the molecule is COc1cc(CN2CCOCC(O)(COc3ccc(F)c(C)c3)C2)ccc1OCCn1cc(C)cn1. The standard InChI is InChI=1S/C27H34FN3O5/c1-20-14-29-31(15-20)9-11-35-25-7-4-22(13-26(25)33-3)16-30-8-10-34-18-27(32,17-30)19-36-23-5-6-24(28)21(2)12-23/h4-7,12-15,32H,8-11,16-19H2,1-3H3. The smallest absolute Gasteiger partial charge is 0.161 e. The fourth-order valence-corrected chi connectivity index (χ4v) is 4.17. The maximum Gasteiger partial charge on any atom is 0.161 e. The second kappa shape index (κ2) is 11.7. The molecule has 36 heavy (non-hydrogen) atoms. The summed E-state index contributed by atoms with van der Waals surface area (Å²) >= 11 is 0. The van der Waals surface area contributed by atoms with Crippen molar-refractivity contribution in [2.75, 3.05) is 46.6 Å². The van der Waals surface area contributed by atoms with Crippen LogP contribution in [0.2, 0.25) is 0 Å². The van der Waals surface area contributed by atoms with Gasteiger partial charge in [0.1, 0.15) is 30.4 Å². The van der Waals surface area contributed by atoms with Crippen molar-refractivity contribution in [2.24, 2.45) is 0 Å². The highest BCUT2D eigenvalue weighted by atomic mass is 19.1. The molecule has 194 valence electrons. The zero-order chi connectivity index (χ0) is 25.5. The zero-order valence-electron chi connectivity index (χ0n) is 21.1. The summed E-state index contributed by atoms with van der Waals surface area (Å²) in [5.74, 6) is 1.55. The molecule has 1 N–H and O–H groups in total. The Labute approximate surface area is 211 Å². The fraction of sp³-hybridized carbons (Fsp3) is 0.444. The highest BCUT2D eigenvalue weighted by molar-refractivity contribution is 5.43. The van der Waals surface area contributed by atoms with E-state index in [-0.39, 0.29) is 19.0 Å². The van der Waals surface area contributed by atoms with Gasteiger partial charge in [0.25, 0.3) is 0 Å². The highest BCUT2D eigenvalue weighted by Crippen LogP contribution is 2.29. The molecule has 0 radical (unpaired) electrons. The molecule has 1 aliphatic heterocycles. The van der Waals surface area contributed by atoms with E-state index in [1.54, 1.807) is 26.2 Å². The summed E-state index contributed by atoms with van der Waals surface area (Å²) in [5, 5.41) is 15.5. The van der Waals surface area contributed by atoms with Crippen LogP contribution in [0.4, 0.5) is 4.39 Å². The lowest BCUT2D eigenvalue weighted by Gasteiger charge is -2.30. The van der Waals surface area contributed by atoms with Gasteiger partial charge in [0.15, 0.2) is 11.5 Å². The zero-order valence-corrected chi connectivity index (χ0v) is 21.1. The number of methoxy groups -OCH3 is 1. The molecule has 1 aliphatic rings. The van der Waals surface area contributed by atoms with Gasteiger partial charge in [-0.05, 0) is 60.9 Å². The van der Waals surface area contributed by atoms with Crippen LogP contribution >= 0.6 is 0 Å². The van der Waals surface area contributed by atoms with E-state index in [1.165, 1.54) is 6.07 Å². The number of aryl methyl sites for hydroxylation is 2. The summed E-state index contributed by atoms with van der Waals surface area (Å²) in [6.45, 7) is 7.15. The van der Waals surface area contributed by atoms with Crippen LogP contribution in [0.1, 0.15) is 16.7 Å². The molecule has 0 spiro atoms. The van der Waals surface area contributed by atoms with Crippen molar-refractivity contribution in [3.63, 3.8) is 0 Å². The lowest BCUT2D eigenvalue weighted by atomic mass is 10.1. The van der Waals surface area contributed by atoms with Crippen LogP contribution in [-0.2, 0) is 17.8 Å². The molecule has 2 aromatic carbocycles. The number of rotatable bonds is 10. The second-order valence-electron chi connectivity index (χ2n) is 9.30. The van der Waals surface area contributed by atoms with Gasteiger partial charge in [-0.1, -0.05) is 6.07 Å². The van der Waals surface area contributed by atoms with Crippen LogP contribution in [-0.4, -0.2) is 72.0 Å². The molecule has 1 unspecified atom stereocenters. The van der Waals surface area contributed by atoms with Gasteiger partial charge in [0, 0.05) is 25.8 Å². The summed E-state index contributed by atoms with van der Waals surface area (Å²) in [6, 6.07) is 10.4. The molecule has 0 aliphatic carbocycles. The molecule has 0 saturated carbocycles. The quantitative estimate of drug-likeness (QED) is 0.458. The molecule has 3 aromatic rings. The minimum atomic E-state index is -1.20. The van der Waals surface area contributed by atoms with Gasteiger partial charge in [-0.15, -0.1) is 0 Å². The summed E-state index contributed by atoms with van der Waals surface area (Å²) < 4.78 is 38.4. The summed E-state index contributed by atoms with van der Waals surface area (Å²) in [7, 11) is 1.62. The number of benzene rings is 2. The van der Waals surface area contributed by atoms with Gasteiger partial charge in [0.2, 0.25) is 0 Å². The van der Waals surface area contributed by atoms with E-state index in [0.717, 1.165) is 11.1 Å². The summed E-state index contributed by atoms with van der Waals surface area (Å²) in [5.41, 5.74) is 1.44. The second-order valence-corrected chi connectivity index (χ2v) is 9.30. The van der Waals surface area contributed by atoms with E-state index in [9.17, 15) is 9.50 Å². The lowest BCUT2D eigenvalue weighted by molar-refractivity contribution is -0.0646. The average Bonchev–Trinajstić information content (AvgIpc) is 3.18. The van der Waals surface area contributed by atoms with Crippen LogP contribution in [0.5, 0.6) is 17.2 Å². The van der Waals surface area contributed by atoms with Gasteiger partial charge in [-0.25, -0.2) is 4.39 Å². The number of hydrogen-bond acceptors (Lipinski definition) is 7. The van der Waals surface area contributed by atoms with E-state index in [0.29, 0.717) is 62.2 Å². The third-order valence-corrected chi connectivity index (χ3v) is 6.05. The Kier molecular flexibility index (Phi) is 8.45. The van der Waals surface area contributed by atoms with Crippen molar-refractivity contribution in [1.29, 1.82) is 0 Å². The largest absolute Gasteiger partial charge is 0.493 e. The maximum atomic E-state index is 13.5. The topological polar surface area (TPSA) is 78.2 Å². The van der Waals surface area contributed by atoms with E-state index >= 15 is 0 Å². The number of aliphatic hydroxyl groups is 1. The Morgan fingerprint density at radius 1 is 1.14 bits per heavy atom. The van der Waals surface area contributed by atoms with Gasteiger partial charge < -0.3 is 24.1 Å². The van der Waals surface area contributed by atoms with E-state index < -0.39 is 5.60 Å². The molecule has 0 bridgehead atoms. The Balaban J connectivity index is 1.35. The fourth-order valence-electron chi connectivity index (χ4n) is 4.17. The molecule has 8 nitrogen and oxygen atoms in total. The Morgan fingerprint density at radius 3 is 2.75 bits per heavy atom. The molecule has 2 heterocycles. The normalized spacial score (nSPS) is 18.6. The first-order valence-corrected chi connectivity index (χ1v) is 12.0. The minimum absolute atomic E-state index is 0.0421. The molecule has 1 atom stereocenters. The molecular formula is C27H34FN3O5. The number of β-amino-alcohol motifs (C(OH)–C–C–N with tert-alkyl or cyclic N) is 1. The van der Waals surface area contributed by atoms with Crippen molar-refractivity contribution >= 4 is 0 Å². The van der Waals surface area contributed by atoms with E-state index in [1.807, 2.05) is 42.2 Å². The molecule has 9 heteroatoms. The number of nitrogens with zero attached hydrogens (tertiary/aromatic N) is 3. The molecule has 1 aromatic heterocycles. The van der Waals surface area contributed by atoms with Crippen molar-refractivity contribution in [3.05, 3.63) is 71.3 Å². The first-order valence-electron chi connectivity index (χ1n) is 12.0. The predicted molar refractivity (Wildman–Crippen MR) is 133 cm³/mol. The van der Waals surface area contributed by atoms with Crippen molar-refractivity contribution < 1.29 is 28.4 Å². The van der Waals surface area contributed by atoms with Crippen LogP contribution in [0.3, 0.4) is 0 Å². The first-order chi connectivity index (χ1) is 17.3. The molecule has 4 rings (SSSR count). The van der Waals surface area contributed by atoms with Gasteiger partial charge >= 0.3 is 0 Å². The maximum absolute atomic E-state index is 13.5. The third-order valence-electron chi connectivity index (χ3n) is 6.05. The lowest BCUT2D eigenvalue weighted by Crippen LogP contribution is -2.48. The average molecular weight is 500 g/mol. The van der Waals surface area contributed by atoms with Gasteiger partial charge in [0.05, 0.1) is 33.1 Å². The number of halogens is 1. The van der Waals surface area contributed by atoms with Crippen LogP contribution in [0, 0.1) is 19.7 Å². The van der Waals surface area contributed by atoms with Gasteiger partial charge in [-0.3, -0.25) is 9.58 Å². The van der Waals surface area contributed by atoms with E-state index in [2.05, 4.69) is 10.00 Å². The van der Waals surface area contributed by atoms with Crippen molar-refractivity contribution in [3.8, 4) is 17.2 Å². The van der Waals surface area contributed by atoms with Gasteiger partial charge in [-0.2, -0.15) is 5.10 Å². The van der Waals surface area contributed by atoms with E-state index in [4.69, 9.17) is 18.9 Å². The number of hydrogen-bond donors (Lipinski definition) is 1. The predicted octanol–water partition coefficient (Wildman–Crippen LogP) is 3.37. The summed E-state index contributed by atoms with van der Waals surface area (Å²) in [6.07, 6.45) is 3.79. The highest BCUT2D eigenvalue weighted by Gasteiger charge is 2.33. The summed E-state index contributed by atoms with van der Waals surface area (Å²) in [4.78, 5) is 2.13. The van der Waals surface area contributed by atoms with Crippen LogP contribution in [0.25, 0.3) is 0 Å².